The molecule has 0 saturated heterocycles. The van der Waals surface area contributed by atoms with E-state index in [0.717, 1.165) is 29.2 Å². The van der Waals surface area contributed by atoms with Gasteiger partial charge in [-0.05, 0) is 48.3 Å². The van der Waals surface area contributed by atoms with Crippen molar-refractivity contribution < 1.29 is 9.53 Å². The van der Waals surface area contributed by atoms with Gasteiger partial charge in [-0.3, -0.25) is 0 Å². The quantitative estimate of drug-likeness (QED) is 0.380. The van der Waals surface area contributed by atoms with Crippen LogP contribution >= 0.6 is 0 Å². The molecule has 4 aliphatic carbocycles. The molecule has 2 nitrogen and oxygen atoms in total. The molecule has 7 atom stereocenters. The van der Waals surface area contributed by atoms with Crippen LogP contribution in [0.2, 0.25) is 0 Å². The summed E-state index contributed by atoms with van der Waals surface area (Å²) < 4.78 is 5.54. The molecule has 0 radical (unpaired) electrons. The van der Waals surface area contributed by atoms with Crippen LogP contribution < -0.4 is 0 Å². The minimum atomic E-state index is 0.0801. The van der Waals surface area contributed by atoms with Gasteiger partial charge in [0, 0.05) is 12.7 Å². The van der Waals surface area contributed by atoms with Crippen LogP contribution in [-0.4, -0.2) is 19.2 Å². The van der Waals surface area contributed by atoms with Gasteiger partial charge in [0.2, 0.25) is 0 Å². The van der Waals surface area contributed by atoms with Gasteiger partial charge in [0.1, 0.15) is 5.94 Å². The van der Waals surface area contributed by atoms with E-state index in [-0.39, 0.29) is 6.10 Å². The van der Waals surface area contributed by atoms with Crippen molar-refractivity contribution in [2.45, 2.75) is 18.9 Å². The lowest BCUT2D eigenvalue weighted by atomic mass is 9.71. The van der Waals surface area contributed by atoms with Gasteiger partial charge < -0.3 is 4.74 Å². The summed E-state index contributed by atoms with van der Waals surface area (Å²) in [7, 11) is 1.74. The van der Waals surface area contributed by atoms with E-state index in [1.807, 2.05) is 0 Å². The van der Waals surface area contributed by atoms with Gasteiger partial charge in [-0.25, -0.2) is 4.79 Å². The number of methoxy groups -OCH3 is 1. The average Bonchev–Trinajstić information content (AvgIpc) is 3.03. The zero-order chi connectivity index (χ0) is 10.9. The summed E-state index contributed by atoms with van der Waals surface area (Å²) in [4.78, 5) is 11.1. The first-order valence-corrected chi connectivity index (χ1v) is 6.31. The molecular formula is C14H16O2. The molecule has 4 bridgehead atoms. The van der Waals surface area contributed by atoms with Gasteiger partial charge in [-0.1, -0.05) is 12.2 Å². The second-order valence-corrected chi connectivity index (χ2v) is 5.82. The molecular weight excluding hydrogens is 200 g/mol. The molecule has 4 aliphatic rings. The maximum absolute atomic E-state index is 11.1. The summed E-state index contributed by atoms with van der Waals surface area (Å²) in [5, 5.41) is 0. The van der Waals surface area contributed by atoms with Gasteiger partial charge in [-0.15, -0.1) is 0 Å². The monoisotopic (exact) mass is 216 g/mol. The smallest absolute Gasteiger partial charge is 0.126 e. The Morgan fingerprint density at radius 2 is 2.00 bits per heavy atom. The van der Waals surface area contributed by atoms with Crippen LogP contribution in [0.25, 0.3) is 0 Å². The molecule has 0 aromatic rings. The van der Waals surface area contributed by atoms with Crippen LogP contribution in [0.15, 0.2) is 17.7 Å². The normalized spacial score (nSPS) is 55.8. The number of carbonyl (C=O) groups excluding carboxylic acids is 1. The molecule has 2 heteroatoms. The minimum absolute atomic E-state index is 0.0801. The third-order valence-electron chi connectivity index (χ3n) is 5.53. The van der Waals surface area contributed by atoms with Gasteiger partial charge in [-0.2, -0.15) is 0 Å². The SMILES string of the molecule is COC1C(=C=O)C2CC1C1C3C=CC(C3)C21. The van der Waals surface area contributed by atoms with Crippen LogP contribution in [0.5, 0.6) is 0 Å². The highest BCUT2D eigenvalue weighted by Crippen LogP contribution is 2.66. The zero-order valence-electron chi connectivity index (χ0n) is 9.43. The molecule has 0 aromatic heterocycles. The Balaban J connectivity index is 1.79. The first-order valence-electron chi connectivity index (χ1n) is 6.31. The molecule has 16 heavy (non-hydrogen) atoms. The molecule has 0 amide bonds. The summed E-state index contributed by atoms with van der Waals surface area (Å²) in [5.74, 6) is 6.31. The molecule has 0 N–H and O–H groups in total. The standard InChI is InChI=1S/C14H16O2/c1-16-14-10-5-9(11(14)6-15)12-7-2-3-8(4-7)13(10)12/h2-3,7-10,12-14H,4-5H2,1H3. The van der Waals surface area contributed by atoms with E-state index in [0.29, 0.717) is 11.8 Å². The number of rotatable bonds is 1. The summed E-state index contributed by atoms with van der Waals surface area (Å²) in [6.45, 7) is 0. The van der Waals surface area contributed by atoms with Crippen LogP contribution in [-0.2, 0) is 9.53 Å². The van der Waals surface area contributed by atoms with Crippen molar-refractivity contribution in [2.24, 2.45) is 35.5 Å². The fourth-order valence-corrected chi connectivity index (χ4v) is 5.21. The van der Waals surface area contributed by atoms with E-state index in [2.05, 4.69) is 18.1 Å². The van der Waals surface area contributed by atoms with Crippen molar-refractivity contribution in [2.75, 3.05) is 7.11 Å². The lowest BCUT2D eigenvalue weighted by molar-refractivity contribution is 0.0474. The molecule has 0 heterocycles. The minimum Gasteiger partial charge on any atom is -0.376 e. The van der Waals surface area contributed by atoms with Crippen molar-refractivity contribution in [1.29, 1.82) is 0 Å². The number of hydrogen-bond acceptors (Lipinski definition) is 2. The van der Waals surface area contributed by atoms with Gasteiger partial charge >= 0.3 is 0 Å². The lowest BCUT2D eigenvalue weighted by Gasteiger charge is -2.36. The highest BCUT2D eigenvalue weighted by Gasteiger charge is 2.63. The second-order valence-electron chi connectivity index (χ2n) is 5.82. The highest BCUT2D eigenvalue weighted by atomic mass is 16.5. The fraction of sp³-hybridized carbons (Fsp3) is 0.714. The zero-order valence-corrected chi connectivity index (χ0v) is 9.43. The molecule has 84 valence electrons. The molecule has 0 aromatic carbocycles. The van der Waals surface area contributed by atoms with E-state index >= 15 is 0 Å². The molecule has 0 aliphatic heterocycles. The Morgan fingerprint density at radius 1 is 1.25 bits per heavy atom. The van der Waals surface area contributed by atoms with Crippen molar-refractivity contribution in [3.05, 3.63) is 17.7 Å². The molecule has 7 unspecified atom stereocenters. The van der Waals surface area contributed by atoms with Crippen molar-refractivity contribution in [3.8, 4) is 0 Å². The Kier molecular flexibility index (Phi) is 1.66. The first kappa shape index (κ1) is 9.21. The van der Waals surface area contributed by atoms with Crippen molar-refractivity contribution in [1.82, 2.24) is 0 Å². The van der Waals surface area contributed by atoms with Crippen LogP contribution in [0, 0.1) is 35.5 Å². The predicted octanol–water partition coefficient (Wildman–Crippen LogP) is 1.85. The summed E-state index contributed by atoms with van der Waals surface area (Å²) in [5.41, 5.74) is 0.940. The third-order valence-corrected chi connectivity index (χ3v) is 5.53. The van der Waals surface area contributed by atoms with E-state index < -0.39 is 0 Å². The van der Waals surface area contributed by atoms with Crippen LogP contribution in [0.4, 0.5) is 0 Å². The Bertz CT molecular complexity index is 418. The first-order chi connectivity index (χ1) is 7.85. The predicted molar refractivity (Wildman–Crippen MR) is 59.3 cm³/mol. The highest BCUT2D eigenvalue weighted by molar-refractivity contribution is 5.58. The van der Waals surface area contributed by atoms with Crippen LogP contribution in [0.3, 0.4) is 0 Å². The maximum atomic E-state index is 11.1. The number of hydrogen-bond donors (Lipinski definition) is 0. The number of fused-ring (bicyclic) bond motifs is 9. The summed E-state index contributed by atoms with van der Waals surface area (Å²) >= 11 is 0. The topological polar surface area (TPSA) is 26.3 Å². The Hall–Kier alpha value is -0.850. The van der Waals surface area contributed by atoms with E-state index in [1.54, 1.807) is 7.11 Å². The number of allylic oxidation sites excluding steroid dienone is 2. The van der Waals surface area contributed by atoms with Gasteiger partial charge in [0.15, 0.2) is 0 Å². The Morgan fingerprint density at radius 3 is 2.69 bits per heavy atom. The maximum Gasteiger partial charge on any atom is 0.126 e. The van der Waals surface area contributed by atoms with E-state index in [1.165, 1.54) is 12.8 Å². The second kappa shape index (κ2) is 2.88. The van der Waals surface area contributed by atoms with E-state index in [9.17, 15) is 4.79 Å². The van der Waals surface area contributed by atoms with Gasteiger partial charge in [0.25, 0.3) is 0 Å². The van der Waals surface area contributed by atoms with Gasteiger partial charge in [0.05, 0.1) is 6.10 Å². The average molecular weight is 216 g/mol. The Labute approximate surface area is 95.4 Å². The molecule has 0 spiro atoms. The molecule has 4 rings (SSSR count). The largest absolute Gasteiger partial charge is 0.376 e. The summed E-state index contributed by atoms with van der Waals surface area (Å²) in [6.07, 6.45) is 7.37. The van der Waals surface area contributed by atoms with Crippen molar-refractivity contribution in [3.63, 3.8) is 0 Å². The number of ether oxygens (including phenoxy) is 1. The molecule has 3 fully saturated rings. The lowest BCUT2D eigenvalue weighted by Crippen LogP contribution is -2.36. The third kappa shape index (κ3) is 0.837. The van der Waals surface area contributed by atoms with E-state index in [4.69, 9.17) is 4.74 Å². The van der Waals surface area contributed by atoms with Crippen LogP contribution in [0.1, 0.15) is 12.8 Å². The fourth-order valence-electron chi connectivity index (χ4n) is 5.21. The van der Waals surface area contributed by atoms with Crippen molar-refractivity contribution >= 4 is 5.94 Å². The molecule has 3 saturated carbocycles. The summed E-state index contributed by atoms with van der Waals surface area (Å²) in [6, 6.07) is 0.